The minimum Gasteiger partial charge on any atom is -0.361 e. The Bertz CT molecular complexity index is 779. The standard InChI is InChI=1S/C13H14N4OS/c1-7-11(9(3)18-16-7)8(2)17-12-10(15-13(17)19)5-4-6-14-12/h4-6,8H,1-3H3,(H,15,19). The number of hydrogen-bond acceptors (Lipinski definition) is 4. The van der Waals surface area contributed by atoms with Crippen molar-refractivity contribution < 1.29 is 4.52 Å². The topological polar surface area (TPSA) is 59.6 Å². The van der Waals surface area contributed by atoms with E-state index in [1.807, 2.05) is 30.5 Å². The van der Waals surface area contributed by atoms with Gasteiger partial charge < -0.3 is 9.51 Å². The van der Waals surface area contributed by atoms with Gasteiger partial charge in [0.1, 0.15) is 5.76 Å². The lowest BCUT2D eigenvalue weighted by Crippen LogP contribution is -2.09. The molecule has 0 bridgehead atoms. The van der Waals surface area contributed by atoms with Crippen LogP contribution in [0.4, 0.5) is 0 Å². The predicted octanol–water partition coefficient (Wildman–Crippen LogP) is 3.31. The lowest BCUT2D eigenvalue weighted by atomic mass is 10.1. The first-order chi connectivity index (χ1) is 9.09. The highest BCUT2D eigenvalue weighted by Gasteiger charge is 2.20. The molecule has 1 atom stereocenters. The summed E-state index contributed by atoms with van der Waals surface area (Å²) in [4.78, 5) is 7.58. The molecule has 0 aromatic carbocycles. The Balaban J connectivity index is 2.25. The van der Waals surface area contributed by atoms with Gasteiger partial charge in [-0.25, -0.2) is 4.98 Å². The van der Waals surface area contributed by atoms with Crippen molar-refractivity contribution in [1.29, 1.82) is 0 Å². The van der Waals surface area contributed by atoms with Crippen molar-refractivity contribution >= 4 is 23.4 Å². The van der Waals surface area contributed by atoms with E-state index < -0.39 is 0 Å². The second-order valence-electron chi connectivity index (χ2n) is 4.59. The van der Waals surface area contributed by atoms with Crippen LogP contribution in [0.5, 0.6) is 0 Å². The molecule has 0 radical (unpaired) electrons. The smallest absolute Gasteiger partial charge is 0.179 e. The molecule has 0 aliphatic rings. The Labute approximate surface area is 115 Å². The summed E-state index contributed by atoms with van der Waals surface area (Å²) in [6.45, 7) is 5.93. The average Bonchev–Trinajstić information content (AvgIpc) is 2.88. The Morgan fingerprint density at radius 1 is 1.42 bits per heavy atom. The van der Waals surface area contributed by atoms with Crippen LogP contribution in [0.3, 0.4) is 0 Å². The van der Waals surface area contributed by atoms with Gasteiger partial charge in [-0.2, -0.15) is 0 Å². The second kappa shape index (κ2) is 4.31. The largest absolute Gasteiger partial charge is 0.361 e. The zero-order valence-electron chi connectivity index (χ0n) is 11.0. The minimum atomic E-state index is 0.0300. The van der Waals surface area contributed by atoms with Crippen LogP contribution in [-0.2, 0) is 0 Å². The van der Waals surface area contributed by atoms with Gasteiger partial charge in [-0.3, -0.25) is 4.57 Å². The minimum absolute atomic E-state index is 0.0300. The third kappa shape index (κ3) is 1.79. The van der Waals surface area contributed by atoms with Crippen LogP contribution in [0.1, 0.15) is 30.0 Å². The van der Waals surface area contributed by atoms with Crippen molar-refractivity contribution in [2.24, 2.45) is 0 Å². The van der Waals surface area contributed by atoms with Crippen LogP contribution < -0.4 is 0 Å². The SMILES string of the molecule is Cc1noc(C)c1C(C)n1c(=S)[nH]c2cccnc21. The number of nitrogens with one attached hydrogen (secondary N) is 1. The zero-order chi connectivity index (χ0) is 13.6. The summed E-state index contributed by atoms with van der Waals surface area (Å²) in [6, 6.07) is 3.88. The first-order valence-corrected chi connectivity index (χ1v) is 6.48. The average molecular weight is 274 g/mol. The molecule has 3 aromatic rings. The second-order valence-corrected chi connectivity index (χ2v) is 4.98. The van der Waals surface area contributed by atoms with Crippen LogP contribution in [0, 0.1) is 18.6 Å². The van der Waals surface area contributed by atoms with E-state index in [0.29, 0.717) is 4.77 Å². The molecule has 0 spiro atoms. The normalized spacial score (nSPS) is 13.0. The van der Waals surface area contributed by atoms with Gasteiger partial charge in [0.05, 0.1) is 17.3 Å². The molecule has 0 aliphatic heterocycles. The van der Waals surface area contributed by atoms with E-state index in [9.17, 15) is 0 Å². The summed E-state index contributed by atoms with van der Waals surface area (Å²) in [7, 11) is 0. The molecule has 0 fully saturated rings. The molecule has 0 amide bonds. The molecule has 1 unspecified atom stereocenters. The molecule has 1 N–H and O–H groups in total. The van der Waals surface area contributed by atoms with Crippen molar-refractivity contribution in [2.45, 2.75) is 26.8 Å². The highest BCUT2D eigenvalue weighted by molar-refractivity contribution is 7.71. The van der Waals surface area contributed by atoms with Crippen LogP contribution >= 0.6 is 12.2 Å². The summed E-state index contributed by atoms with van der Waals surface area (Å²) in [6.07, 6.45) is 1.77. The van der Waals surface area contributed by atoms with Gasteiger partial charge in [0.2, 0.25) is 0 Å². The fraction of sp³-hybridized carbons (Fsp3) is 0.308. The fourth-order valence-corrected chi connectivity index (χ4v) is 2.89. The summed E-state index contributed by atoms with van der Waals surface area (Å²) in [5.41, 5.74) is 3.73. The van der Waals surface area contributed by atoms with E-state index >= 15 is 0 Å². The molecule has 6 heteroatoms. The number of pyridine rings is 1. The number of aromatic amines is 1. The van der Waals surface area contributed by atoms with Gasteiger partial charge >= 0.3 is 0 Å². The van der Waals surface area contributed by atoms with E-state index in [0.717, 1.165) is 28.2 Å². The predicted molar refractivity (Wildman–Crippen MR) is 74.7 cm³/mol. The zero-order valence-corrected chi connectivity index (χ0v) is 11.8. The number of fused-ring (bicyclic) bond motifs is 1. The molecule has 5 nitrogen and oxygen atoms in total. The van der Waals surface area contributed by atoms with Crippen LogP contribution in [0.15, 0.2) is 22.9 Å². The fourth-order valence-electron chi connectivity index (χ4n) is 2.53. The van der Waals surface area contributed by atoms with E-state index in [1.165, 1.54) is 0 Å². The van der Waals surface area contributed by atoms with Gasteiger partial charge in [-0.1, -0.05) is 5.16 Å². The number of aromatic nitrogens is 4. The Kier molecular flexibility index (Phi) is 2.74. The molecule has 0 aliphatic carbocycles. The van der Waals surface area contributed by atoms with Gasteiger partial charge in [-0.15, -0.1) is 0 Å². The number of nitrogens with zero attached hydrogens (tertiary/aromatic N) is 3. The molecule has 3 aromatic heterocycles. The first kappa shape index (κ1) is 12.1. The lowest BCUT2D eigenvalue weighted by molar-refractivity contribution is 0.391. The number of H-pyrrole nitrogens is 1. The Morgan fingerprint density at radius 2 is 2.21 bits per heavy atom. The third-order valence-electron chi connectivity index (χ3n) is 3.37. The summed E-state index contributed by atoms with van der Waals surface area (Å²) in [5.74, 6) is 0.817. The van der Waals surface area contributed by atoms with Crippen molar-refractivity contribution in [3.8, 4) is 0 Å². The quantitative estimate of drug-likeness (QED) is 0.728. The number of hydrogen-bond donors (Lipinski definition) is 1. The Morgan fingerprint density at radius 3 is 2.89 bits per heavy atom. The molecular weight excluding hydrogens is 260 g/mol. The summed E-state index contributed by atoms with van der Waals surface area (Å²) >= 11 is 5.41. The van der Waals surface area contributed by atoms with Gasteiger partial charge in [0.25, 0.3) is 0 Å². The van der Waals surface area contributed by atoms with Crippen molar-refractivity contribution in [3.05, 3.63) is 40.1 Å². The summed E-state index contributed by atoms with van der Waals surface area (Å²) < 4.78 is 7.89. The number of imidazole rings is 1. The molecule has 0 saturated heterocycles. The highest BCUT2D eigenvalue weighted by Crippen LogP contribution is 2.27. The summed E-state index contributed by atoms with van der Waals surface area (Å²) in [5, 5.41) is 4.00. The van der Waals surface area contributed by atoms with Gasteiger partial charge in [0.15, 0.2) is 10.4 Å². The highest BCUT2D eigenvalue weighted by atomic mass is 32.1. The molecule has 3 heterocycles. The van der Waals surface area contributed by atoms with Crippen LogP contribution in [0.25, 0.3) is 11.2 Å². The van der Waals surface area contributed by atoms with Gasteiger partial charge in [0, 0.05) is 11.8 Å². The molecular formula is C13H14N4OS. The van der Waals surface area contributed by atoms with E-state index in [2.05, 4.69) is 22.0 Å². The van der Waals surface area contributed by atoms with Crippen LogP contribution in [0.2, 0.25) is 0 Å². The van der Waals surface area contributed by atoms with Crippen molar-refractivity contribution in [3.63, 3.8) is 0 Å². The van der Waals surface area contributed by atoms with Crippen molar-refractivity contribution in [1.82, 2.24) is 19.7 Å². The molecule has 0 saturated carbocycles. The van der Waals surface area contributed by atoms with Gasteiger partial charge in [-0.05, 0) is 45.1 Å². The van der Waals surface area contributed by atoms with E-state index in [1.54, 1.807) is 6.20 Å². The molecule has 19 heavy (non-hydrogen) atoms. The van der Waals surface area contributed by atoms with Crippen molar-refractivity contribution in [2.75, 3.05) is 0 Å². The van der Waals surface area contributed by atoms with E-state index in [4.69, 9.17) is 16.7 Å². The maximum Gasteiger partial charge on any atom is 0.179 e. The monoisotopic (exact) mass is 274 g/mol. The number of aryl methyl sites for hydroxylation is 2. The first-order valence-electron chi connectivity index (χ1n) is 6.07. The Hall–Kier alpha value is -1.95. The lowest BCUT2D eigenvalue weighted by Gasteiger charge is -2.13. The molecule has 98 valence electrons. The maximum absolute atomic E-state index is 5.41. The number of rotatable bonds is 2. The van der Waals surface area contributed by atoms with Crippen LogP contribution in [-0.4, -0.2) is 19.7 Å². The maximum atomic E-state index is 5.41. The molecule has 3 rings (SSSR count). The third-order valence-corrected chi connectivity index (χ3v) is 3.67. The van der Waals surface area contributed by atoms with E-state index in [-0.39, 0.29) is 6.04 Å².